The number of carbonyl (C=O) groups is 2. The van der Waals surface area contributed by atoms with E-state index in [2.05, 4.69) is 15.9 Å². The van der Waals surface area contributed by atoms with E-state index in [0.29, 0.717) is 13.0 Å². The largest absolute Gasteiger partial charge is 0.481 e. The Morgan fingerprint density at radius 2 is 2.15 bits per heavy atom. The molecule has 1 atom stereocenters. The summed E-state index contributed by atoms with van der Waals surface area (Å²) in [4.78, 5) is 25.1. The van der Waals surface area contributed by atoms with Gasteiger partial charge >= 0.3 is 5.97 Å². The van der Waals surface area contributed by atoms with E-state index < -0.39 is 11.9 Å². The fourth-order valence-electron chi connectivity index (χ4n) is 2.14. The topological polar surface area (TPSA) is 57.6 Å². The third kappa shape index (κ3) is 4.07. The van der Waals surface area contributed by atoms with Gasteiger partial charge in [0, 0.05) is 17.1 Å². The number of aliphatic carboxylic acids is 1. The number of amides is 1. The monoisotopic (exact) mass is 339 g/mol. The van der Waals surface area contributed by atoms with Crippen LogP contribution >= 0.6 is 15.9 Å². The minimum absolute atomic E-state index is 0.0127. The van der Waals surface area contributed by atoms with E-state index in [1.54, 1.807) is 11.8 Å². The van der Waals surface area contributed by atoms with Crippen molar-refractivity contribution in [2.45, 2.75) is 32.2 Å². The summed E-state index contributed by atoms with van der Waals surface area (Å²) >= 11 is 3.39. The molecular formula is C15H18BrNO3. The molecule has 1 unspecified atom stereocenters. The fraction of sp³-hybridized carbons (Fsp3) is 0.467. The molecular weight excluding hydrogens is 322 g/mol. The predicted molar refractivity (Wildman–Crippen MR) is 79.4 cm³/mol. The summed E-state index contributed by atoms with van der Waals surface area (Å²) in [5, 5.41) is 9.00. The minimum atomic E-state index is -0.856. The molecule has 0 aromatic heterocycles. The summed E-state index contributed by atoms with van der Waals surface area (Å²) in [6.07, 6.45) is 2.29. The van der Waals surface area contributed by atoms with E-state index >= 15 is 0 Å². The molecule has 1 amide bonds. The Morgan fingerprint density at radius 1 is 1.45 bits per heavy atom. The SMILES string of the molecule is CC(CN(C(=O)Cc1cccc(Br)c1)C1CC1)C(=O)O. The number of carboxylic acids is 1. The highest BCUT2D eigenvalue weighted by atomic mass is 79.9. The molecule has 0 radical (unpaired) electrons. The van der Waals surface area contributed by atoms with Gasteiger partial charge in [0.25, 0.3) is 0 Å². The summed E-state index contributed by atoms with van der Waals surface area (Å²) in [6, 6.07) is 7.88. The molecule has 1 aliphatic rings. The number of hydrogen-bond donors (Lipinski definition) is 1. The van der Waals surface area contributed by atoms with Crippen molar-refractivity contribution in [3.05, 3.63) is 34.3 Å². The van der Waals surface area contributed by atoms with Crippen molar-refractivity contribution in [3.63, 3.8) is 0 Å². The Hall–Kier alpha value is -1.36. The lowest BCUT2D eigenvalue weighted by Gasteiger charge is -2.24. The Morgan fingerprint density at radius 3 is 2.70 bits per heavy atom. The molecule has 4 nitrogen and oxygen atoms in total. The maximum atomic E-state index is 12.4. The second-order valence-electron chi connectivity index (χ2n) is 5.32. The van der Waals surface area contributed by atoms with Gasteiger partial charge in [-0.05, 0) is 30.5 Å². The molecule has 1 aliphatic carbocycles. The van der Waals surface area contributed by atoms with E-state index in [9.17, 15) is 9.59 Å². The lowest BCUT2D eigenvalue weighted by atomic mass is 10.1. The molecule has 1 aromatic carbocycles. The van der Waals surface area contributed by atoms with E-state index in [-0.39, 0.29) is 11.9 Å². The predicted octanol–water partition coefficient (Wildman–Crippen LogP) is 2.70. The molecule has 20 heavy (non-hydrogen) atoms. The molecule has 2 rings (SSSR count). The van der Waals surface area contributed by atoms with Crippen LogP contribution in [0.5, 0.6) is 0 Å². The fourth-order valence-corrected chi connectivity index (χ4v) is 2.58. The molecule has 108 valence electrons. The Balaban J connectivity index is 2.02. The van der Waals surface area contributed by atoms with E-state index in [4.69, 9.17) is 5.11 Å². The molecule has 0 heterocycles. The quantitative estimate of drug-likeness (QED) is 0.866. The van der Waals surface area contributed by atoms with E-state index in [1.807, 2.05) is 24.3 Å². The number of carboxylic acid groups (broad SMARTS) is 1. The van der Waals surface area contributed by atoms with Crippen molar-refractivity contribution >= 4 is 27.8 Å². The van der Waals surface area contributed by atoms with Gasteiger partial charge in [-0.15, -0.1) is 0 Å². The van der Waals surface area contributed by atoms with Crippen LogP contribution in [0.15, 0.2) is 28.7 Å². The lowest BCUT2D eigenvalue weighted by Crippen LogP contribution is -2.39. The van der Waals surface area contributed by atoms with Gasteiger partial charge in [0.1, 0.15) is 0 Å². The van der Waals surface area contributed by atoms with Crippen molar-refractivity contribution < 1.29 is 14.7 Å². The van der Waals surface area contributed by atoms with Crippen LogP contribution in [0.4, 0.5) is 0 Å². The standard InChI is InChI=1S/C15H18BrNO3/c1-10(15(19)20)9-17(13-5-6-13)14(18)8-11-3-2-4-12(16)7-11/h2-4,7,10,13H,5-6,8-9H2,1H3,(H,19,20). The number of hydrogen-bond acceptors (Lipinski definition) is 2. The van der Waals surface area contributed by atoms with Gasteiger partial charge in [-0.25, -0.2) is 0 Å². The Kier molecular flexibility index (Phi) is 4.81. The zero-order valence-corrected chi connectivity index (χ0v) is 13.0. The molecule has 1 fully saturated rings. The first kappa shape index (κ1) is 15.0. The highest BCUT2D eigenvalue weighted by molar-refractivity contribution is 9.10. The van der Waals surface area contributed by atoms with Crippen LogP contribution in [0.3, 0.4) is 0 Å². The average molecular weight is 340 g/mol. The highest BCUT2D eigenvalue weighted by Crippen LogP contribution is 2.28. The van der Waals surface area contributed by atoms with Gasteiger partial charge in [-0.1, -0.05) is 35.0 Å². The first-order valence-corrected chi connectivity index (χ1v) is 7.53. The maximum absolute atomic E-state index is 12.4. The van der Waals surface area contributed by atoms with Crippen LogP contribution in [0.25, 0.3) is 0 Å². The van der Waals surface area contributed by atoms with Crippen LogP contribution < -0.4 is 0 Å². The molecule has 0 aliphatic heterocycles. The zero-order valence-electron chi connectivity index (χ0n) is 11.4. The summed E-state index contributed by atoms with van der Waals surface area (Å²) in [6.45, 7) is 1.94. The van der Waals surface area contributed by atoms with Gasteiger partial charge in [0.2, 0.25) is 5.91 Å². The third-order valence-corrected chi connectivity index (χ3v) is 3.94. The molecule has 1 aromatic rings. The van der Waals surface area contributed by atoms with Crippen molar-refractivity contribution in [2.75, 3.05) is 6.54 Å². The van der Waals surface area contributed by atoms with Gasteiger partial charge in [-0.2, -0.15) is 0 Å². The van der Waals surface area contributed by atoms with Crippen LogP contribution in [0.1, 0.15) is 25.3 Å². The Bertz CT molecular complexity index is 514. The van der Waals surface area contributed by atoms with E-state index in [0.717, 1.165) is 22.9 Å². The maximum Gasteiger partial charge on any atom is 0.308 e. The van der Waals surface area contributed by atoms with Crippen molar-refractivity contribution in [3.8, 4) is 0 Å². The molecule has 0 bridgehead atoms. The number of halogens is 1. The minimum Gasteiger partial charge on any atom is -0.481 e. The lowest BCUT2D eigenvalue weighted by molar-refractivity contribution is -0.143. The number of carbonyl (C=O) groups excluding carboxylic acids is 1. The van der Waals surface area contributed by atoms with Gasteiger partial charge in [-0.3, -0.25) is 9.59 Å². The van der Waals surface area contributed by atoms with Gasteiger partial charge < -0.3 is 10.0 Å². The summed E-state index contributed by atoms with van der Waals surface area (Å²) in [7, 11) is 0. The second kappa shape index (κ2) is 6.39. The number of nitrogens with zero attached hydrogens (tertiary/aromatic N) is 1. The van der Waals surface area contributed by atoms with Crippen LogP contribution in [0.2, 0.25) is 0 Å². The van der Waals surface area contributed by atoms with Gasteiger partial charge in [0.05, 0.1) is 12.3 Å². The normalized spacial score (nSPS) is 15.7. The van der Waals surface area contributed by atoms with Crippen LogP contribution in [0, 0.1) is 5.92 Å². The molecule has 0 saturated heterocycles. The smallest absolute Gasteiger partial charge is 0.308 e. The zero-order chi connectivity index (χ0) is 14.7. The average Bonchev–Trinajstić information content (AvgIpc) is 3.19. The first-order valence-electron chi connectivity index (χ1n) is 6.74. The number of rotatable bonds is 6. The number of benzene rings is 1. The van der Waals surface area contributed by atoms with Crippen LogP contribution in [-0.4, -0.2) is 34.5 Å². The highest BCUT2D eigenvalue weighted by Gasteiger charge is 2.34. The molecule has 1 saturated carbocycles. The molecule has 1 N–H and O–H groups in total. The Labute approximate surface area is 126 Å². The summed E-state index contributed by atoms with van der Waals surface area (Å²) in [5.41, 5.74) is 0.943. The first-order chi connectivity index (χ1) is 9.47. The van der Waals surface area contributed by atoms with E-state index in [1.165, 1.54) is 0 Å². The van der Waals surface area contributed by atoms with Gasteiger partial charge in [0.15, 0.2) is 0 Å². The summed E-state index contributed by atoms with van der Waals surface area (Å²) in [5.74, 6) is -1.37. The summed E-state index contributed by atoms with van der Waals surface area (Å²) < 4.78 is 0.944. The van der Waals surface area contributed by atoms with Crippen molar-refractivity contribution in [1.82, 2.24) is 4.90 Å². The van der Waals surface area contributed by atoms with Crippen molar-refractivity contribution in [2.24, 2.45) is 5.92 Å². The van der Waals surface area contributed by atoms with Crippen LogP contribution in [-0.2, 0) is 16.0 Å². The molecule has 0 spiro atoms. The molecule has 5 heteroatoms. The van der Waals surface area contributed by atoms with Crippen molar-refractivity contribution in [1.29, 1.82) is 0 Å². The third-order valence-electron chi connectivity index (χ3n) is 3.44. The second-order valence-corrected chi connectivity index (χ2v) is 6.24.